The molecule has 0 bridgehead atoms. The van der Waals surface area contributed by atoms with E-state index in [0.29, 0.717) is 36.8 Å². The van der Waals surface area contributed by atoms with Crippen molar-refractivity contribution in [2.75, 3.05) is 44.2 Å². The summed E-state index contributed by atoms with van der Waals surface area (Å²) in [5.74, 6) is -1.62. The third kappa shape index (κ3) is 5.08. The van der Waals surface area contributed by atoms with Gasteiger partial charge >= 0.3 is 6.18 Å². The van der Waals surface area contributed by atoms with Crippen molar-refractivity contribution in [3.63, 3.8) is 0 Å². The summed E-state index contributed by atoms with van der Waals surface area (Å²) in [7, 11) is 0. The van der Waals surface area contributed by atoms with E-state index < -0.39 is 29.1 Å². The van der Waals surface area contributed by atoms with E-state index in [0.717, 1.165) is 18.2 Å². The molecule has 2 fully saturated rings. The van der Waals surface area contributed by atoms with Gasteiger partial charge in [0, 0.05) is 67.4 Å². The maximum absolute atomic E-state index is 13.5. The van der Waals surface area contributed by atoms with Gasteiger partial charge in [-0.05, 0) is 30.3 Å². The zero-order valence-electron chi connectivity index (χ0n) is 19.8. The van der Waals surface area contributed by atoms with Gasteiger partial charge in [-0.25, -0.2) is 9.97 Å². The molecule has 0 spiro atoms. The number of hydrogen-bond donors (Lipinski definition) is 1. The van der Waals surface area contributed by atoms with Crippen LogP contribution in [0.1, 0.15) is 16.2 Å². The number of piperazine rings is 1. The zero-order chi connectivity index (χ0) is 27.2. The van der Waals surface area contributed by atoms with Crippen LogP contribution in [0.4, 0.5) is 24.7 Å². The molecule has 2 aliphatic rings. The number of β-amino-alcohol motifs (C(OH)–C–C–N with tert-alkyl or cyclic N) is 1. The first-order valence-electron chi connectivity index (χ1n) is 11.8. The van der Waals surface area contributed by atoms with Gasteiger partial charge < -0.3 is 14.9 Å². The molecule has 3 heterocycles. The number of nitro groups is 1. The highest BCUT2D eigenvalue weighted by atomic mass is 35.5. The van der Waals surface area contributed by atoms with Gasteiger partial charge in [0.2, 0.25) is 5.82 Å². The van der Waals surface area contributed by atoms with Crippen LogP contribution in [0.25, 0.3) is 10.9 Å². The van der Waals surface area contributed by atoms with Crippen molar-refractivity contribution in [1.29, 1.82) is 0 Å². The molecule has 0 aliphatic carbocycles. The smallest absolute Gasteiger partial charge is 0.390 e. The van der Waals surface area contributed by atoms with Gasteiger partial charge in [-0.3, -0.25) is 19.8 Å². The van der Waals surface area contributed by atoms with Crippen molar-refractivity contribution >= 4 is 39.9 Å². The molecule has 38 heavy (non-hydrogen) atoms. The van der Waals surface area contributed by atoms with Gasteiger partial charge in [0.05, 0.1) is 22.6 Å². The lowest BCUT2D eigenvalue weighted by Gasteiger charge is -2.38. The Bertz CT molecular complexity index is 1380. The molecule has 14 heteroatoms. The standard InChI is InChI=1S/C24H22ClF3N6O4/c25-15-3-1-14(2-4-15)22(36)32-9-7-31(8-10-32)19-12-33(13-20(19)35)21-17-11-16(34(37)38)5-6-18(17)29-23(30-21)24(26,27)28/h1-6,11,19-20,35H,7-10,12-13H2. The number of nitrogens with zero attached hydrogens (tertiary/aromatic N) is 6. The van der Waals surface area contributed by atoms with E-state index in [2.05, 4.69) is 9.97 Å². The molecule has 0 radical (unpaired) electrons. The summed E-state index contributed by atoms with van der Waals surface area (Å²) in [6, 6.07) is 9.56. The second-order valence-corrected chi connectivity index (χ2v) is 9.64. The van der Waals surface area contributed by atoms with Crippen LogP contribution in [0.3, 0.4) is 0 Å². The summed E-state index contributed by atoms with van der Waals surface area (Å²) >= 11 is 5.90. The van der Waals surface area contributed by atoms with E-state index >= 15 is 0 Å². The molecule has 3 aromatic rings. The third-order valence-electron chi connectivity index (χ3n) is 6.84. The summed E-state index contributed by atoms with van der Waals surface area (Å²) in [5.41, 5.74) is 0.125. The highest BCUT2D eigenvalue weighted by Crippen LogP contribution is 2.35. The average molecular weight is 551 g/mol. The van der Waals surface area contributed by atoms with Crippen molar-refractivity contribution < 1.29 is 28.0 Å². The lowest BCUT2D eigenvalue weighted by molar-refractivity contribution is -0.384. The van der Waals surface area contributed by atoms with Crippen LogP contribution in [-0.2, 0) is 6.18 Å². The van der Waals surface area contributed by atoms with Gasteiger partial charge in [0.1, 0.15) is 5.82 Å². The van der Waals surface area contributed by atoms with Crippen molar-refractivity contribution in [2.45, 2.75) is 18.3 Å². The lowest BCUT2D eigenvalue weighted by atomic mass is 10.1. The first kappa shape index (κ1) is 26.1. The van der Waals surface area contributed by atoms with E-state index in [1.807, 2.05) is 4.90 Å². The van der Waals surface area contributed by atoms with Crippen LogP contribution in [0, 0.1) is 10.1 Å². The van der Waals surface area contributed by atoms with Gasteiger partial charge in [-0.2, -0.15) is 13.2 Å². The number of carbonyl (C=O) groups is 1. The number of benzene rings is 2. The van der Waals surface area contributed by atoms with Crippen molar-refractivity contribution in [1.82, 2.24) is 19.8 Å². The molecule has 1 aromatic heterocycles. The topological polar surface area (TPSA) is 116 Å². The van der Waals surface area contributed by atoms with Crippen molar-refractivity contribution in [2.24, 2.45) is 0 Å². The molecule has 5 rings (SSSR count). The predicted octanol–water partition coefficient (Wildman–Crippen LogP) is 3.22. The predicted molar refractivity (Wildman–Crippen MR) is 132 cm³/mol. The van der Waals surface area contributed by atoms with Crippen LogP contribution in [-0.4, -0.2) is 87.1 Å². The number of non-ortho nitro benzene ring substituents is 1. The van der Waals surface area contributed by atoms with Crippen molar-refractivity contribution in [3.8, 4) is 0 Å². The summed E-state index contributed by atoms with van der Waals surface area (Å²) < 4.78 is 40.6. The van der Waals surface area contributed by atoms with E-state index in [-0.39, 0.29) is 41.4 Å². The molecule has 0 saturated carbocycles. The first-order chi connectivity index (χ1) is 18.0. The molecular formula is C24H22ClF3N6O4. The summed E-state index contributed by atoms with van der Waals surface area (Å²) in [5, 5.41) is 22.8. The maximum Gasteiger partial charge on any atom is 0.451 e. The number of hydrogen-bond acceptors (Lipinski definition) is 8. The number of aromatic nitrogens is 2. The fraction of sp³-hybridized carbons (Fsp3) is 0.375. The highest BCUT2D eigenvalue weighted by molar-refractivity contribution is 6.30. The fourth-order valence-corrected chi connectivity index (χ4v) is 5.04. The molecule has 10 nitrogen and oxygen atoms in total. The minimum Gasteiger partial charge on any atom is -0.390 e. The normalized spacial score (nSPS) is 20.8. The monoisotopic (exact) mass is 550 g/mol. The van der Waals surface area contributed by atoms with Crippen molar-refractivity contribution in [3.05, 3.63) is 69.0 Å². The Morgan fingerprint density at radius 3 is 2.37 bits per heavy atom. The molecule has 1 N–H and O–H groups in total. The van der Waals surface area contributed by atoms with E-state index in [4.69, 9.17) is 11.6 Å². The number of carbonyl (C=O) groups excluding carboxylic acids is 1. The Labute approximate surface area is 219 Å². The fourth-order valence-electron chi connectivity index (χ4n) is 4.91. The van der Waals surface area contributed by atoms with Crippen LogP contribution in [0.15, 0.2) is 42.5 Å². The van der Waals surface area contributed by atoms with Gasteiger partial charge in [0.15, 0.2) is 0 Å². The van der Waals surface area contributed by atoms with Crippen LogP contribution in [0.5, 0.6) is 0 Å². The number of alkyl halides is 3. The van der Waals surface area contributed by atoms with Crippen LogP contribution < -0.4 is 4.90 Å². The van der Waals surface area contributed by atoms with Crippen LogP contribution in [0.2, 0.25) is 5.02 Å². The van der Waals surface area contributed by atoms with Crippen LogP contribution >= 0.6 is 11.6 Å². The molecule has 2 aliphatic heterocycles. The minimum atomic E-state index is -4.82. The van der Waals surface area contributed by atoms with E-state index in [1.54, 1.807) is 29.2 Å². The number of aliphatic hydroxyl groups excluding tert-OH is 1. The van der Waals surface area contributed by atoms with E-state index in [1.165, 1.54) is 4.90 Å². The summed E-state index contributed by atoms with van der Waals surface area (Å²) in [6.07, 6.45) is -5.73. The number of amides is 1. The second-order valence-electron chi connectivity index (χ2n) is 9.20. The first-order valence-corrected chi connectivity index (χ1v) is 12.1. The quantitative estimate of drug-likeness (QED) is 0.389. The van der Waals surface area contributed by atoms with Gasteiger partial charge in [-0.15, -0.1) is 0 Å². The minimum absolute atomic E-state index is 0.0132. The molecule has 1 amide bonds. The zero-order valence-corrected chi connectivity index (χ0v) is 20.6. The van der Waals surface area contributed by atoms with Gasteiger partial charge in [0.25, 0.3) is 11.6 Å². The Hall–Kier alpha value is -3.55. The molecule has 2 atom stereocenters. The number of nitro benzene ring substituents is 1. The van der Waals surface area contributed by atoms with E-state index in [9.17, 15) is 33.2 Å². The average Bonchev–Trinajstić information content (AvgIpc) is 3.28. The number of halogens is 4. The molecule has 2 saturated heterocycles. The Kier molecular flexibility index (Phi) is 6.84. The Morgan fingerprint density at radius 1 is 1.05 bits per heavy atom. The SMILES string of the molecule is O=C(c1ccc(Cl)cc1)N1CCN(C2CN(c3nc(C(F)(F)F)nc4ccc([N+](=O)[O-])cc34)CC2O)CC1. The lowest BCUT2D eigenvalue weighted by Crippen LogP contribution is -2.54. The second kappa shape index (κ2) is 9.97. The molecule has 2 unspecified atom stereocenters. The number of anilines is 1. The largest absolute Gasteiger partial charge is 0.451 e. The molecular weight excluding hydrogens is 529 g/mol. The highest BCUT2D eigenvalue weighted by Gasteiger charge is 2.41. The molecule has 200 valence electrons. The summed E-state index contributed by atoms with van der Waals surface area (Å²) in [6.45, 7) is 1.87. The number of fused-ring (bicyclic) bond motifs is 1. The molecule has 2 aromatic carbocycles. The summed E-state index contributed by atoms with van der Waals surface area (Å²) in [4.78, 5) is 35.9. The maximum atomic E-state index is 13.5. The number of aliphatic hydroxyl groups is 1. The third-order valence-corrected chi connectivity index (χ3v) is 7.10. The Balaban J connectivity index is 1.35. The van der Waals surface area contributed by atoms with Gasteiger partial charge in [-0.1, -0.05) is 11.6 Å². The Morgan fingerprint density at radius 2 is 1.74 bits per heavy atom. The number of rotatable bonds is 4.